The topological polar surface area (TPSA) is 19.7 Å². The lowest BCUT2D eigenvalue weighted by Gasteiger charge is -2.09. The average molecular weight is 341 g/mol. The standard InChI is InChI=1S/C21H24N2.ClH/c1-3-9-17-11-5-7-13-19(17)21-22-15-16-23(21)20-14-8-6-12-18(20)10-4-2;/h5-8,11-16H,3-4,9-10H2,1-2H3;1H. The number of halogens is 1. The van der Waals surface area contributed by atoms with Crippen LogP contribution in [0.25, 0.3) is 17.1 Å². The van der Waals surface area contributed by atoms with Crippen molar-refractivity contribution in [1.82, 2.24) is 4.98 Å². The molecule has 0 amide bonds. The van der Waals surface area contributed by atoms with Gasteiger partial charge in [0, 0.05) is 0 Å². The van der Waals surface area contributed by atoms with E-state index in [1.165, 1.54) is 22.4 Å². The zero-order chi connectivity index (χ0) is 16.1. The maximum Gasteiger partial charge on any atom is 0.292 e. The molecule has 0 saturated heterocycles. The van der Waals surface area contributed by atoms with E-state index in [1.54, 1.807) is 0 Å². The van der Waals surface area contributed by atoms with Crippen molar-refractivity contribution in [3.05, 3.63) is 72.1 Å². The van der Waals surface area contributed by atoms with Crippen molar-refractivity contribution in [2.75, 3.05) is 0 Å². The maximum atomic E-state index is 3.45. The Morgan fingerprint density at radius 1 is 0.833 bits per heavy atom. The molecule has 3 aromatic rings. The van der Waals surface area contributed by atoms with Crippen molar-refractivity contribution in [3.63, 3.8) is 0 Å². The minimum atomic E-state index is 0. The van der Waals surface area contributed by atoms with E-state index in [-0.39, 0.29) is 12.4 Å². The Labute approximate surface area is 151 Å². The van der Waals surface area contributed by atoms with Gasteiger partial charge in [0.05, 0.1) is 5.56 Å². The molecule has 0 aliphatic heterocycles. The molecule has 0 aliphatic carbocycles. The fraction of sp³-hybridized carbons (Fsp3) is 0.286. The normalized spacial score (nSPS) is 10.4. The van der Waals surface area contributed by atoms with Crippen molar-refractivity contribution in [2.45, 2.75) is 39.5 Å². The van der Waals surface area contributed by atoms with Crippen LogP contribution in [0.2, 0.25) is 0 Å². The van der Waals surface area contributed by atoms with E-state index < -0.39 is 0 Å². The van der Waals surface area contributed by atoms with E-state index in [0.29, 0.717) is 0 Å². The first-order chi connectivity index (χ1) is 11.3. The van der Waals surface area contributed by atoms with Crippen molar-refractivity contribution in [1.29, 1.82) is 0 Å². The Bertz CT molecular complexity index is 713. The molecular weight excluding hydrogens is 316 g/mol. The van der Waals surface area contributed by atoms with Gasteiger partial charge in [-0.2, -0.15) is 4.57 Å². The first kappa shape index (κ1) is 18.3. The number of hydrogen-bond donors (Lipinski definition) is 1. The van der Waals surface area contributed by atoms with E-state index in [1.807, 2.05) is 6.20 Å². The van der Waals surface area contributed by atoms with Crippen LogP contribution in [-0.4, -0.2) is 4.98 Å². The van der Waals surface area contributed by atoms with E-state index in [9.17, 15) is 0 Å². The number of benzene rings is 2. The maximum absolute atomic E-state index is 3.45. The van der Waals surface area contributed by atoms with Gasteiger partial charge in [0.25, 0.3) is 5.82 Å². The second-order valence-corrected chi connectivity index (χ2v) is 5.96. The van der Waals surface area contributed by atoms with Crippen LogP contribution < -0.4 is 17.0 Å². The number of hydrogen-bond acceptors (Lipinski definition) is 0. The highest BCUT2D eigenvalue weighted by Gasteiger charge is 2.19. The molecule has 0 fully saturated rings. The Hall–Kier alpha value is -2.06. The van der Waals surface area contributed by atoms with Crippen LogP contribution in [0, 0.1) is 0 Å². The number of para-hydroxylation sites is 1. The van der Waals surface area contributed by atoms with E-state index in [2.05, 4.69) is 78.1 Å². The quantitative estimate of drug-likeness (QED) is 0.661. The second-order valence-electron chi connectivity index (χ2n) is 5.96. The number of aryl methyl sites for hydroxylation is 2. The summed E-state index contributed by atoms with van der Waals surface area (Å²) in [6.45, 7) is 4.46. The summed E-state index contributed by atoms with van der Waals surface area (Å²) in [6.07, 6.45) is 8.68. The Balaban J connectivity index is 0.00000208. The molecule has 0 radical (unpaired) electrons. The second kappa shape index (κ2) is 8.70. The van der Waals surface area contributed by atoms with E-state index in [4.69, 9.17) is 0 Å². The third-order valence-electron chi connectivity index (χ3n) is 4.25. The predicted octanol–water partition coefficient (Wildman–Crippen LogP) is 1.87. The summed E-state index contributed by atoms with van der Waals surface area (Å²) >= 11 is 0. The van der Waals surface area contributed by atoms with E-state index in [0.717, 1.165) is 31.5 Å². The Kier molecular flexibility index (Phi) is 6.62. The van der Waals surface area contributed by atoms with E-state index >= 15 is 0 Å². The van der Waals surface area contributed by atoms with Gasteiger partial charge in [-0.3, -0.25) is 0 Å². The predicted molar refractivity (Wildman–Crippen MR) is 95.8 cm³/mol. The summed E-state index contributed by atoms with van der Waals surface area (Å²) in [5.74, 6) is 1.16. The molecular formula is C21H25ClN2. The van der Waals surface area contributed by atoms with Crippen LogP contribution in [0.1, 0.15) is 37.8 Å². The van der Waals surface area contributed by atoms with Crippen LogP contribution >= 0.6 is 0 Å². The Morgan fingerprint density at radius 2 is 1.46 bits per heavy atom. The van der Waals surface area contributed by atoms with Crippen molar-refractivity contribution in [2.24, 2.45) is 0 Å². The molecule has 1 N–H and O–H groups in total. The van der Waals surface area contributed by atoms with Gasteiger partial charge in [-0.05, 0) is 36.1 Å². The number of rotatable bonds is 6. The fourth-order valence-corrected chi connectivity index (χ4v) is 3.21. The average Bonchev–Trinajstić information content (AvgIpc) is 3.06. The summed E-state index contributed by atoms with van der Waals surface area (Å²) < 4.78 is 2.29. The minimum Gasteiger partial charge on any atom is -1.00 e. The van der Waals surface area contributed by atoms with Crippen LogP contribution in [0.4, 0.5) is 0 Å². The first-order valence-corrected chi connectivity index (χ1v) is 8.60. The lowest BCUT2D eigenvalue weighted by atomic mass is 10.0. The molecule has 3 rings (SSSR count). The molecule has 2 nitrogen and oxygen atoms in total. The first-order valence-electron chi connectivity index (χ1n) is 8.60. The third kappa shape index (κ3) is 3.70. The molecule has 0 atom stereocenters. The number of nitrogens with zero attached hydrogens (tertiary/aromatic N) is 1. The van der Waals surface area contributed by atoms with Gasteiger partial charge >= 0.3 is 0 Å². The number of imidazole rings is 1. The van der Waals surface area contributed by atoms with Crippen LogP contribution in [0.5, 0.6) is 0 Å². The molecule has 0 unspecified atom stereocenters. The van der Waals surface area contributed by atoms with Gasteiger partial charge in [-0.1, -0.05) is 63.1 Å². The van der Waals surface area contributed by atoms with Gasteiger partial charge in [0.1, 0.15) is 18.1 Å². The SMILES string of the molecule is CCCc1ccccc1-c1[nH]cc[n+]1-c1ccccc1CCC.[Cl-]. The number of H-pyrrole nitrogens is 1. The molecule has 3 heteroatoms. The molecule has 0 bridgehead atoms. The van der Waals surface area contributed by atoms with Gasteiger partial charge in [-0.15, -0.1) is 0 Å². The molecule has 126 valence electrons. The molecule has 24 heavy (non-hydrogen) atoms. The monoisotopic (exact) mass is 340 g/mol. The summed E-state index contributed by atoms with van der Waals surface area (Å²) in [6, 6.07) is 17.4. The van der Waals surface area contributed by atoms with Gasteiger partial charge in [0.15, 0.2) is 0 Å². The van der Waals surface area contributed by atoms with Gasteiger partial charge < -0.3 is 12.4 Å². The number of nitrogens with one attached hydrogen (secondary N) is 1. The molecule has 0 saturated carbocycles. The van der Waals surface area contributed by atoms with Crippen molar-refractivity contribution in [3.8, 4) is 17.1 Å². The van der Waals surface area contributed by atoms with Crippen LogP contribution in [-0.2, 0) is 12.8 Å². The summed E-state index contributed by atoms with van der Waals surface area (Å²) in [5, 5.41) is 0. The third-order valence-corrected chi connectivity index (χ3v) is 4.25. The smallest absolute Gasteiger partial charge is 0.292 e. The van der Waals surface area contributed by atoms with Crippen molar-refractivity contribution >= 4 is 0 Å². The van der Waals surface area contributed by atoms with Crippen molar-refractivity contribution < 1.29 is 17.0 Å². The Morgan fingerprint density at radius 3 is 2.21 bits per heavy atom. The molecule has 1 aromatic heterocycles. The number of aromatic nitrogens is 2. The largest absolute Gasteiger partial charge is 1.00 e. The van der Waals surface area contributed by atoms with Crippen LogP contribution in [0.3, 0.4) is 0 Å². The highest BCUT2D eigenvalue weighted by Crippen LogP contribution is 2.22. The fourth-order valence-electron chi connectivity index (χ4n) is 3.21. The summed E-state index contributed by atoms with van der Waals surface area (Å²) in [5.41, 5.74) is 5.37. The zero-order valence-electron chi connectivity index (χ0n) is 14.4. The highest BCUT2D eigenvalue weighted by molar-refractivity contribution is 5.58. The summed E-state index contributed by atoms with van der Waals surface area (Å²) in [4.78, 5) is 3.45. The summed E-state index contributed by atoms with van der Waals surface area (Å²) in [7, 11) is 0. The zero-order valence-corrected chi connectivity index (χ0v) is 15.2. The highest BCUT2D eigenvalue weighted by atomic mass is 35.5. The number of aromatic amines is 1. The lowest BCUT2D eigenvalue weighted by molar-refractivity contribution is -0.582. The van der Waals surface area contributed by atoms with Gasteiger partial charge in [0.2, 0.25) is 0 Å². The molecule has 1 heterocycles. The lowest BCUT2D eigenvalue weighted by Crippen LogP contribution is -3.00. The van der Waals surface area contributed by atoms with Crippen LogP contribution in [0.15, 0.2) is 60.9 Å². The van der Waals surface area contributed by atoms with Gasteiger partial charge in [-0.25, -0.2) is 4.98 Å². The molecule has 0 aliphatic rings. The molecule has 0 spiro atoms. The minimum absolute atomic E-state index is 0. The molecule has 2 aromatic carbocycles.